The maximum Gasteiger partial charge on any atom is 0.306 e. The number of carboxylic acid groups (broad SMARTS) is 1. The molecule has 2 N–H and O–H groups in total. The van der Waals surface area contributed by atoms with E-state index in [4.69, 9.17) is 5.11 Å². The van der Waals surface area contributed by atoms with Crippen molar-refractivity contribution in [3.8, 4) is 0 Å². The molecule has 2 rings (SSSR count). The van der Waals surface area contributed by atoms with Crippen LogP contribution in [0.2, 0.25) is 0 Å². The van der Waals surface area contributed by atoms with Gasteiger partial charge in [-0.1, -0.05) is 0 Å². The van der Waals surface area contributed by atoms with Gasteiger partial charge >= 0.3 is 5.97 Å². The van der Waals surface area contributed by atoms with Crippen LogP contribution >= 0.6 is 0 Å². The van der Waals surface area contributed by atoms with Crippen LogP contribution in [0.4, 0.5) is 8.78 Å². The Hall–Kier alpha value is -1.49. The van der Waals surface area contributed by atoms with Gasteiger partial charge in [0.05, 0.1) is 5.92 Å². The Morgan fingerprint density at radius 1 is 1.26 bits per heavy atom. The van der Waals surface area contributed by atoms with E-state index in [2.05, 4.69) is 5.32 Å². The monoisotopic (exact) mass is 269 g/mol. The van der Waals surface area contributed by atoms with Crippen LogP contribution in [-0.4, -0.2) is 17.1 Å². The summed E-state index contributed by atoms with van der Waals surface area (Å²) in [5.41, 5.74) is 0.306. The second-order valence-corrected chi connectivity index (χ2v) is 5.00. The molecular weight excluding hydrogens is 252 g/mol. The van der Waals surface area contributed by atoms with Crippen molar-refractivity contribution < 1.29 is 18.7 Å². The summed E-state index contributed by atoms with van der Waals surface area (Å²) < 4.78 is 26.4. The quantitative estimate of drug-likeness (QED) is 0.883. The molecule has 1 aliphatic rings. The molecule has 5 heteroatoms. The number of hydrogen-bond acceptors (Lipinski definition) is 2. The van der Waals surface area contributed by atoms with Crippen LogP contribution in [0.1, 0.15) is 31.2 Å². The minimum Gasteiger partial charge on any atom is -0.481 e. The number of carbonyl (C=O) groups is 1. The normalized spacial score (nSPS) is 23.3. The van der Waals surface area contributed by atoms with Crippen LogP contribution in [0.5, 0.6) is 0 Å². The average Bonchev–Trinajstić information content (AvgIpc) is 2.40. The van der Waals surface area contributed by atoms with E-state index in [9.17, 15) is 13.6 Å². The number of aliphatic carboxylic acids is 1. The molecule has 1 aromatic carbocycles. The third-order valence-electron chi connectivity index (χ3n) is 3.67. The van der Waals surface area contributed by atoms with Gasteiger partial charge in [0.25, 0.3) is 0 Å². The highest BCUT2D eigenvalue weighted by Crippen LogP contribution is 2.24. The Kier molecular flexibility index (Phi) is 4.47. The van der Waals surface area contributed by atoms with Gasteiger partial charge in [-0.05, 0) is 43.9 Å². The maximum absolute atomic E-state index is 13.4. The van der Waals surface area contributed by atoms with Crippen molar-refractivity contribution in [2.24, 2.45) is 5.92 Å². The minimum atomic E-state index is -0.741. The van der Waals surface area contributed by atoms with E-state index in [1.165, 1.54) is 6.07 Å². The molecule has 1 aromatic rings. The summed E-state index contributed by atoms with van der Waals surface area (Å²) in [5.74, 6) is -1.88. The fourth-order valence-corrected chi connectivity index (χ4v) is 2.48. The fraction of sp³-hybridized carbons (Fsp3) is 0.500. The molecular formula is C14H17F2NO2. The molecule has 0 spiro atoms. The summed E-state index contributed by atoms with van der Waals surface area (Å²) in [6.07, 6.45) is 2.79. The highest BCUT2D eigenvalue weighted by atomic mass is 19.1. The van der Waals surface area contributed by atoms with Crippen molar-refractivity contribution >= 4 is 5.97 Å². The predicted molar refractivity (Wildman–Crippen MR) is 66.6 cm³/mol. The zero-order valence-corrected chi connectivity index (χ0v) is 10.5. The van der Waals surface area contributed by atoms with Gasteiger partial charge in [0.15, 0.2) is 0 Å². The third-order valence-corrected chi connectivity index (χ3v) is 3.67. The van der Waals surface area contributed by atoms with E-state index in [-0.39, 0.29) is 18.5 Å². The molecule has 0 aromatic heterocycles. The number of benzene rings is 1. The average molecular weight is 269 g/mol. The summed E-state index contributed by atoms with van der Waals surface area (Å²) in [6.45, 7) is 0.270. The Labute approximate surface area is 110 Å². The van der Waals surface area contributed by atoms with Gasteiger partial charge in [0, 0.05) is 18.2 Å². The lowest BCUT2D eigenvalue weighted by atomic mass is 9.86. The molecule has 0 bridgehead atoms. The number of halogens is 2. The van der Waals surface area contributed by atoms with Gasteiger partial charge in [0.2, 0.25) is 0 Å². The summed E-state index contributed by atoms with van der Waals surface area (Å²) in [6, 6.07) is 3.58. The van der Waals surface area contributed by atoms with E-state index < -0.39 is 17.6 Å². The van der Waals surface area contributed by atoms with Gasteiger partial charge in [-0.2, -0.15) is 0 Å². The molecule has 0 aliphatic heterocycles. The molecule has 1 fully saturated rings. The zero-order valence-electron chi connectivity index (χ0n) is 10.5. The van der Waals surface area contributed by atoms with Crippen LogP contribution in [0.25, 0.3) is 0 Å². The molecule has 3 nitrogen and oxygen atoms in total. The molecule has 19 heavy (non-hydrogen) atoms. The molecule has 0 unspecified atom stereocenters. The molecule has 104 valence electrons. The topological polar surface area (TPSA) is 49.3 Å². The highest BCUT2D eigenvalue weighted by Gasteiger charge is 2.25. The minimum absolute atomic E-state index is 0.179. The van der Waals surface area contributed by atoms with E-state index in [1.807, 2.05) is 0 Å². The van der Waals surface area contributed by atoms with Gasteiger partial charge < -0.3 is 10.4 Å². The van der Waals surface area contributed by atoms with E-state index in [0.717, 1.165) is 25.0 Å². The second-order valence-electron chi connectivity index (χ2n) is 5.00. The SMILES string of the molecule is O=C(O)C1CCC(NCc2cc(F)ccc2F)CC1. The molecule has 0 saturated heterocycles. The summed E-state index contributed by atoms with van der Waals surface area (Å²) in [4.78, 5) is 10.8. The molecule has 0 amide bonds. The number of nitrogens with one attached hydrogen (secondary N) is 1. The van der Waals surface area contributed by atoms with Gasteiger partial charge in [-0.15, -0.1) is 0 Å². The first-order valence-corrected chi connectivity index (χ1v) is 6.46. The van der Waals surface area contributed by atoms with E-state index in [1.54, 1.807) is 0 Å². The first kappa shape index (κ1) is 13.9. The second kappa shape index (κ2) is 6.10. The van der Waals surface area contributed by atoms with Crippen molar-refractivity contribution in [2.45, 2.75) is 38.3 Å². The Morgan fingerprint density at radius 3 is 2.58 bits per heavy atom. The van der Waals surface area contributed by atoms with Gasteiger partial charge in [-0.3, -0.25) is 4.79 Å². The summed E-state index contributed by atoms with van der Waals surface area (Å²) in [7, 11) is 0. The lowest BCUT2D eigenvalue weighted by Crippen LogP contribution is -2.34. The van der Waals surface area contributed by atoms with Gasteiger partial charge in [0.1, 0.15) is 11.6 Å². The maximum atomic E-state index is 13.4. The van der Waals surface area contributed by atoms with Crippen molar-refractivity contribution in [2.75, 3.05) is 0 Å². The van der Waals surface area contributed by atoms with Gasteiger partial charge in [-0.25, -0.2) is 8.78 Å². The lowest BCUT2D eigenvalue weighted by Gasteiger charge is -2.27. The molecule has 0 radical (unpaired) electrons. The number of carboxylic acids is 1. The fourth-order valence-electron chi connectivity index (χ4n) is 2.48. The van der Waals surface area contributed by atoms with Crippen LogP contribution < -0.4 is 5.32 Å². The van der Waals surface area contributed by atoms with E-state index >= 15 is 0 Å². The van der Waals surface area contributed by atoms with E-state index in [0.29, 0.717) is 18.4 Å². The number of hydrogen-bond donors (Lipinski definition) is 2. The summed E-state index contributed by atoms with van der Waals surface area (Å²) in [5, 5.41) is 12.1. The molecule has 1 aliphatic carbocycles. The zero-order chi connectivity index (χ0) is 13.8. The number of rotatable bonds is 4. The lowest BCUT2D eigenvalue weighted by molar-refractivity contribution is -0.142. The van der Waals surface area contributed by atoms with Crippen LogP contribution in [0.3, 0.4) is 0 Å². The Bertz CT molecular complexity index is 457. The van der Waals surface area contributed by atoms with Crippen molar-refractivity contribution in [1.29, 1.82) is 0 Å². The molecule has 0 heterocycles. The van der Waals surface area contributed by atoms with Crippen molar-refractivity contribution in [3.63, 3.8) is 0 Å². The van der Waals surface area contributed by atoms with Crippen LogP contribution in [0, 0.1) is 17.6 Å². The largest absolute Gasteiger partial charge is 0.481 e. The summed E-state index contributed by atoms with van der Waals surface area (Å²) >= 11 is 0. The first-order chi connectivity index (χ1) is 9.06. The Morgan fingerprint density at radius 2 is 1.95 bits per heavy atom. The Balaban J connectivity index is 1.83. The van der Waals surface area contributed by atoms with Crippen LogP contribution in [0.15, 0.2) is 18.2 Å². The molecule has 0 atom stereocenters. The predicted octanol–water partition coefficient (Wildman–Crippen LogP) is 2.70. The molecule has 1 saturated carbocycles. The third kappa shape index (κ3) is 3.73. The first-order valence-electron chi connectivity index (χ1n) is 6.46. The smallest absolute Gasteiger partial charge is 0.306 e. The highest BCUT2D eigenvalue weighted by molar-refractivity contribution is 5.70. The van der Waals surface area contributed by atoms with Crippen molar-refractivity contribution in [3.05, 3.63) is 35.4 Å². The standard InChI is InChI=1S/C14H17F2NO2/c15-11-3-6-13(16)10(7-11)8-17-12-4-1-9(2-5-12)14(18)19/h3,6-7,9,12,17H,1-2,4-5,8H2,(H,18,19). The van der Waals surface area contributed by atoms with Crippen LogP contribution in [-0.2, 0) is 11.3 Å². The van der Waals surface area contributed by atoms with Crippen molar-refractivity contribution in [1.82, 2.24) is 5.32 Å².